The van der Waals surface area contributed by atoms with Crippen molar-refractivity contribution in [3.8, 4) is 0 Å². The number of hydrogen-bond acceptors (Lipinski definition) is 4. The van der Waals surface area contributed by atoms with Crippen LogP contribution in [0.4, 0.5) is 26.3 Å². The quantitative estimate of drug-likeness (QED) is 0.534. The zero-order valence-corrected chi connectivity index (χ0v) is 14.7. The van der Waals surface area contributed by atoms with Crippen molar-refractivity contribution in [3.05, 3.63) is 34.9 Å². The van der Waals surface area contributed by atoms with Crippen LogP contribution in [0.3, 0.4) is 0 Å². The van der Waals surface area contributed by atoms with Crippen LogP contribution in [0.25, 0.3) is 0 Å². The van der Waals surface area contributed by atoms with Crippen LogP contribution in [0.5, 0.6) is 0 Å². The van der Waals surface area contributed by atoms with Crippen molar-refractivity contribution in [1.29, 1.82) is 0 Å². The Labute approximate surface area is 151 Å². The van der Waals surface area contributed by atoms with Gasteiger partial charge in [-0.05, 0) is 23.8 Å². The fraction of sp³-hybridized carbons (Fsp3) is 0.562. The number of methoxy groups -OCH3 is 3. The maximum atomic E-state index is 12.8. The number of rotatable bonds is 8. The first-order chi connectivity index (χ1) is 12.4. The number of carbonyl (C=O) groups is 1. The third-order valence-corrected chi connectivity index (χ3v) is 3.62. The van der Waals surface area contributed by atoms with E-state index >= 15 is 0 Å². The van der Waals surface area contributed by atoms with Crippen LogP contribution in [-0.4, -0.2) is 39.6 Å². The van der Waals surface area contributed by atoms with E-state index in [1.54, 1.807) is 0 Å². The van der Waals surface area contributed by atoms with Crippen LogP contribution >= 0.6 is 0 Å². The number of carbonyl (C=O) groups excluding carboxylic acids is 1. The van der Waals surface area contributed by atoms with Gasteiger partial charge in [-0.1, -0.05) is 0 Å². The number of hydrogen-bond donors (Lipinski definition) is 1. The Morgan fingerprint density at radius 2 is 1.41 bits per heavy atom. The molecule has 1 amide bonds. The summed E-state index contributed by atoms with van der Waals surface area (Å²) in [5.74, 6) is -0.734. The summed E-state index contributed by atoms with van der Waals surface area (Å²) in [5, 5.41) is 2.25. The molecular formula is C16H19F6NO4. The third kappa shape index (κ3) is 7.00. The number of benzene rings is 1. The molecule has 0 saturated carbocycles. The van der Waals surface area contributed by atoms with Crippen LogP contribution < -0.4 is 5.32 Å². The van der Waals surface area contributed by atoms with E-state index in [-0.39, 0.29) is 18.1 Å². The average molecular weight is 403 g/mol. The second-order valence-corrected chi connectivity index (χ2v) is 5.49. The third-order valence-electron chi connectivity index (χ3n) is 3.62. The van der Waals surface area contributed by atoms with Crippen LogP contribution in [0.1, 0.15) is 23.1 Å². The van der Waals surface area contributed by atoms with Gasteiger partial charge in [0, 0.05) is 34.3 Å². The van der Waals surface area contributed by atoms with Gasteiger partial charge in [0.25, 0.3) is 0 Å². The topological polar surface area (TPSA) is 56.8 Å². The molecule has 0 saturated heterocycles. The molecular weight excluding hydrogens is 384 g/mol. The van der Waals surface area contributed by atoms with Crippen LogP contribution in [0.2, 0.25) is 0 Å². The van der Waals surface area contributed by atoms with E-state index in [0.717, 1.165) is 0 Å². The normalized spacial score (nSPS) is 13.7. The van der Waals surface area contributed by atoms with Crippen molar-refractivity contribution >= 4 is 5.91 Å². The van der Waals surface area contributed by atoms with Crippen molar-refractivity contribution in [1.82, 2.24) is 5.32 Å². The molecule has 0 radical (unpaired) electrons. The van der Waals surface area contributed by atoms with Gasteiger partial charge >= 0.3 is 12.4 Å². The van der Waals surface area contributed by atoms with Crippen molar-refractivity contribution in [3.63, 3.8) is 0 Å². The van der Waals surface area contributed by atoms with E-state index in [1.807, 2.05) is 0 Å². The summed E-state index contributed by atoms with van der Waals surface area (Å²) < 4.78 is 91.8. The second kappa shape index (κ2) is 9.38. The number of amides is 1. The molecule has 0 aromatic heterocycles. The monoisotopic (exact) mass is 403 g/mol. The minimum absolute atomic E-state index is 0.0189. The Bertz CT molecular complexity index is 596. The minimum Gasteiger partial charge on any atom is -0.371 e. The SMILES string of the molecule is COC(CC(OC)C(=O)NCc1cc(C(F)(F)F)cc(C(F)(F)F)c1)OC. The summed E-state index contributed by atoms with van der Waals surface area (Å²) in [5.41, 5.74) is -3.26. The molecule has 0 aliphatic rings. The van der Waals surface area contributed by atoms with Gasteiger partial charge in [0.15, 0.2) is 6.29 Å². The zero-order valence-electron chi connectivity index (χ0n) is 14.7. The Morgan fingerprint density at radius 3 is 1.78 bits per heavy atom. The average Bonchev–Trinajstić information content (AvgIpc) is 2.59. The molecule has 1 atom stereocenters. The van der Waals surface area contributed by atoms with Crippen molar-refractivity contribution in [2.45, 2.75) is 37.7 Å². The fourth-order valence-corrected chi connectivity index (χ4v) is 2.20. The fourth-order valence-electron chi connectivity index (χ4n) is 2.20. The first kappa shape index (κ1) is 23.2. The van der Waals surface area contributed by atoms with Gasteiger partial charge in [0.1, 0.15) is 6.10 Å². The summed E-state index contributed by atoms with van der Waals surface area (Å²) in [4.78, 5) is 12.1. The Morgan fingerprint density at radius 1 is 0.926 bits per heavy atom. The maximum Gasteiger partial charge on any atom is 0.416 e. The van der Waals surface area contributed by atoms with Gasteiger partial charge in [0.05, 0.1) is 11.1 Å². The van der Waals surface area contributed by atoms with Gasteiger partial charge < -0.3 is 19.5 Å². The molecule has 0 bridgehead atoms. The van der Waals surface area contributed by atoms with Crippen LogP contribution in [0, 0.1) is 0 Å². The second-order valence-electron chi connectivity index (χ2n) is 5.49. The molecule has 0 aliphatic carbocycles. The minimum atomic E-state index is -4.96. The van der Waals surface area contributed by atoms with Crippen molar-refractivity contribution in [2.75, 3.05) is 21.3 Å². The number of alkyl halides is 6. The molecule has 11 heteroatoms. The van der Waals surface area contributed by atoms with E-state index in [4.69, 9.17) is 14.2 Å². The molecule has 27 heavy (non-hydrogen) atoms. The number of nitrogens with one attached hydrogen (secondary N) is 1. The van der Waals surface area contributed by atoms with Gasteiger partial charge in [-0.2, -0.15) is 26.3 Å². The molecule has 0 aliphatic heterocycles. The molecule has 1 aromatic rings. The summed E-state index contributed by atoms with van der Waals surface area (Å²) >= 11 is 0. The van der Waals surface area contributed by atoms with Crippen LogP contribution in [0.15, 0.2) is 18.2 Å². The predicted molar refractivity (Wildman–Crippen MR) is 81.5 cm³/mol. The van der Waals surface area contributed by atoms with E-state index in [0.29, 0.717) is 12.1 Å². The van der Waals surface area contributed by atoms with Crippen molar-refractivity contribution < 1.29 is 45.3 Å². The Balaban J connectivity index is 2.96. The van der Waals surface area contributed by atoms with E-state index in [9.17, 15) is 31.1 Å². The van der Waals surface area contributed by atoms with Crippen LogP contribution in [-0.2, 0) is 37.9 Å². The lowest BCUT2D eigenvalue weighted by atomic mass is 10.0. The molecule has 5 nitrogen and oxygen atoms in total. The highest BCUT2D eigenvalue weighted by molar-refractivity contribution is 5.80. The molecule has 154 valence electrons. The summed E-state index contributed by atoms with van der Waals surface area (Å²) in [6.07, 6.45) is -11.8. The first-order valence-corrected chi connectivity index (χ1v) is 7.56. The van der Waals surface area contributed by atoms with Gasteiger partial charge in [-0.15, -0.1) is 0 Å². The molecule has 0 fully saturated rings. The molecule has 1 N–H and O–H groups in total. The Kier molecular flexibility index (Phi) is 8.05. The largest absolute Gasteiger partial charge is 0.416 e. The highest BCUT2D eigenvalue weighted by Crippen LogP contribution is 2.36. The summed E-state index contributed by atoms with van der Waals surface area (Å²) in [7, 11) is 3.89. The molecule has 1 aromatic carbocycles. The Hall–Kier alpha value is -1.85. The first-order valence-electron chi connectivity index (χ1n) is 7.56. The number of ether oxygens (including phenoxy) is 3. The summed E-state index contributed by atoms with van der Waals surface area (Å²) in [6, 6.07) is 1.11. The van der Waals surface area contributed by atoms with Gasteiger partial charge in [0.2, 0.25) is 5.91 Å². The van der Waals surface area contributed by atoms with Crippen molar-refractivity contribution in [2.24, 2.45) is 0 Å². The maximum absolute atomic E-state index is 12.8. The highest BCUT2D eigenvalue weighted by Gasteiger charge is 2.37. The smallest absolute Gasteiger partial charge is 0.371 e. The highest BCUT2D eigenvalue weighted by atomic mass is 19.4. The lowest BCUT2D eigenvalue weighted by molar-refractivity contribution is -0.148. The molecule has 1 rings (SSSR count). The molecule has 0 spiro atoms. The zero-order chi connectivity index (χ0) is 20.8. The lowest BCUT2D eigenvalue weighted by Gasteiger charge is -2.20. The van der Waals surface area contributed by atoms with Gasteiger partial charge in [-0.3, -0.25) is 4.79 Å². The number of halogens is 6. The summed E-state index contributed by atoms with van der Waals surface area (Å²) in [6.45, 7) is -0.545. The van der Waals surface area contributed by atoms with E-state index in [2.05, 4.69) is 5.32 Å². The van der Waals surface area contributed by atoms with E-state index < -0.39 is 48.3 Å². The van der Waals surface area contributed by atoms with E-state index in [1.165, 1.54) is 21.3 Å². The predicted octanol–water partition coefficient (Wildman–Crippen LogP) is 3.36. The standard InChI is InChI=1S/C16H19F6NO4/c1-25-12(7-13(26-2)27-3)14(24)23-8-9-4-10(15(17,18)19)6-11(5-9)16(20,21)22/h4-6,12-13H,7-8H2,1-3H3,(H,23,24). The molecule has 0 heterocycles. The van der Waals surface area contributed by atoms with Gasteiger partial charge in [-0.25, -0.2) is 0 Å². The lowest BCUT2D eigenvalue weighted by Crippen LogP contribution is -2.38. The molecule has 1 unspecified atom stereocenters.